The molecule has 1 aliphatic rings. The summed E-state index contributed by atoms with van der Waals surface area (Å²) in [5.41, 5.74) is 2.00. The van der Waals surface area contributed by atoms with Gasteiger partial charge in [0.15, 0.2) is 0 Å². The van der Waals surface area contributed by atoms with Crippen LogP contribution in [-0.2, 0) is 0 Å². The molecule has 0 bridgehead atoms. The molecule has 5 heteroatoms. The van der Waals surface area contributed by atoms with Crippen molar-refractivity contribution in [3.63, 3.8) is 0 Å². The fourth-order valence-electron chi connectivity index (χ4n) is 2.97. The molecule has 0 radical (unpaired) electrons. The minimum absolute atomic E-state index is 0.201. The predicted molar refractivity (Wildman–Crippen MR) is 91.3 cm³/mol. The number of amides is 1. The highest BCUT2D eigenvalue weighted by Crippen LogP contribution is 2.39. The lowest BCUT2D eigenvalue weighted by molar-refractivity contribution is 0.182. The van der Waals surface area contributed by atoms with Crippen LogP contribution in [0.2, 0.25) is 0 Å². The normalized spacial score (nSPS) is 16.6. The summed E-state index contributed by atoms with van der Waals surface area (Å²) in [5.74, 6) is 0.768. The third-order valence-corrected chi connectivity index (χ3v) is 5.23. The second kappa shape index (κ2) is 5.59. The third-order valence-electron chi connectivity index (χ3n) is 4.06. The highest BCUT2D eigenvalue weighted by atomic mass is 32.1. The zero-order valence-electron chi connectivity index (χ0n) is 12.3. The maximum Gasteiger partial charge on any atom is 0.405 e. The van der Waals surface area contributed by atoms with E-state index < -0.39 is 6.09 Å². The lowest BCUT2D eigenvalue weighted by atomic mass is 9.98. The van der Waals surface area contributed by atoms with E-state index in [1.54, 1.807) is 11.3 Å². The molecule has 1 amide bonds. The van der Waals surface area contributed by atoms with Gasteiger partial charge in [0.1, 0.15) is 5.75 Å². The van der Waals surface area contributed by atoms with Crippen LogP contribution < -0.4 is 10.1 Å². The first-order valence-electron chi connectivity index (χ1n) is 7.46. The van der Waals surface area contributed by atoms with E-state index >= 15 is 0 Å². The van der Waals surface area contributed by atoms with E-state index in [1.807, 2.05) is 30.3 Å². The minimum atomic E-state index is -1.00. The van der Waals surface area contributed by atoms with Crippen molar-refractivity contribution in [2.75, 3.05) is 6.61 Å². The van der Waals surface area contributed by atoms with Gasteiger partial charge in [-0.2, -0.15) is 0 Å². The van der Waals surface area contributed by atoms with Crippen molar-refractivity contribution >= 4 is 27.5 Å². The number of hydrogen-bond donors (Lipinski definition) is 2. The Labute approximate surface area is 137 Å². The van der Waals surface area contributed by atoms with Crippen LogP contribution >= 0.6 is 11.3 Å². The predicted octanol–water partition coefficient (Wildman–Crippen LogP) is 4.66. The summed E-state index contributed by atoms with van der Waals surface area (Å²) in [7, 11) is 0. The van der Waals surface area contributed by atoms with E-state index in [2.05, 4.69) is 23.5 Å². The molecular formula is C18H15NO3S. The molecule has 0 aliphatic carbocycles. The summed E-state index contributed by atoms with van der Waals surface area (Å²) in [4.78, 5) is 12.1. The second-order valence-electron chi connectivity index (χ2n) is 5.54. The Morgan fingerprint density at radius 2 is 2.09 bits per heavy atom. The largest absolute Gasteiger partial charge is 0.493 e. The quantitative estimate of drug-likeness (QED) is 0.720. The van der Waals surface area contributed by atoms with Crippen LogP contribution in [0.15, 0.2) is 48.5 Å². The molecular weight excluding hydrogens is 310 g/mol. The molecule has 4 rings (SSSR count). The van der Waals surface area contributed by atoms with Crippen molar-refractivity contribution < 1.29 is 14.6 Å². The number of hydrogen-bond acceptors (Lipinski definition) is 3. The average molecular weight is 325 g/mol. The van der Waals surface area contributed by atoms with E-state index in [9.17, 15) is 4.79 Å². The minimum Gasteiger partial charge on any atom is -0.493 e. The van der Waals surface area contributed by atoms with Crippen LogP contribution in [0.5, 0.6) is 5.75 Å². The summed E-state index contributed by atoms with van der Waals surface area (Å²) in [6.07, 6.45) is -0.349. The molecule has 0 spiro atoms. The molecule has 0 fully saturated rings. The number of ether oxygens (including phenoxy) is 1. The van der Waals surface area contributed by atoms with Crippen molar-refractivity contribution in [1.82, 2.24) is 5.32 Å². The first-order chi connectivity index (χ1) is 11.2. The van der Waals surface area contributed by atoms with Crippen molar-refractivity contribution in [2.45, 2.75) is 12.5 Å². The van der Waals surface area contributed by atoms with Gasteiger partial charge >= 0.3 is 6.09 Å². The number of carboxylic acid groups (broad SMARTS) is 1. The summed E-state index contributed by atoms with van der Waals surface area (Å²) in [6.45, 7) is 0.522. The van der Waals surface area contributed by atoms with Crippen LogP contribution in [-0.4, -0.2) is 17.8 Å². The lowest BCUT2D eigenvalue weighted by Crippen LogP contribution is -2.30. The van der Waals surface area contributed by atoms with E-state index in [-0.39, 0.29) is 6.04 Å². The molecule has 2 aromatic carbocycles. The SMILES string of the molecule is O=C(O)NC1CCOc2cc(-c3cc4ccccc4s3)ccc21. The van der Waals surface area contributed by atoms with Gasteiger partial charge in [-0.3, -0.25) is 0 Å². The summed E-state index contributed by atoms with van der Waals surface area (Å²) < 4.78 is 7.00. The number of fused-ring (bicyclic) bond motifs is 2. The van der Waals surface area contributed by atoms with Crippen molar-refractivity contribution in [3.05, 3.63) is 54.1 Å². The molecule has 2 N–H and O–H groups in total. The highest BCUT2D eigenvalue weighted by Gasteiger charge is 2.23. The highest BCUT2D eigenvalue weighted by molar-refractivity contribution is 7.22. The molecule has 1 unspecified atom stereocenters. The second-order valence-corrected chi connectivity index (χ2v) is 6.62. The van der Waals surface area contributed by atoms with Gasteiger partial charge in [0.2, 0.25) is 0 Å². The average Bonchev–Trinajstić information content (AvgIpc) is 2.98. The number of thiophene rings is 1. The number of carbonyl (C=O) groups is 1. The van der Waals surface area contributed by atoms with Gasteiger partial charge in [-0.15, -0.1) is 11.3 Å². The first-order valence-corrected chi connectivity index (χ1v) is 8.27. The van der Waals surface area contributed by atoms with Crippen molar-refractivity contribution in [2.24, 2.45) is 0 Å². The van der Waals surface area contributed by atoms with Crippen LogP contribution in [0.25, 0.3) is 20.5 Å². The Morgan fingerprint density at radius 3 is 2.91 bits per heavy atom. The lowest BCUT2D eigenvalue weighted by Gasteiger charge is -2.26. The zero-order chi connectivity index (χ0) is 15.8. The molecule has 1 aromatic heterocycles. The smallest absolute Gasteiger partial charge is 0.405 e. The molecule has 3 aromatic rings. The fourth-order valence-corrected chi connectivity index (χ4v) is 4.02. The van der Waals surface area contributed by atoms with Crippen molar-refractivity contribution in [1.29, 1.82) is 0 Å². The third kappa shape index (κ3) is 2.64. The maximum atomic E-state index is 10.9. The summed E-state index contributed by atoms with van der Waals surface area (Å²) in [6, 6.07) is 16.3. The molecule has 4 nitrogen and oxygen atoms in total. The molecule has 1 aliphatic heterocycles. The molecule has 0 saturated heterocycles. The number of nitrogens with one attached hydrogen (secondary N) is 1. The summed E-state index contributed by atoms with van der Waals surface area (Å²) in [5, 5.41) is 12.7. The van der Waals surface area contributed by atoms with Gasteiger partial charge in [0.25, 0.3) is 0 Å². The van der Waals surface area contributed by atoms with Gasteiger partial charge in [-0.05, 0) is 29.1 Å². The first kappa shape index (κ1) is 14.1. The van der Waals surface area contributed by atoms with Crippen LogP contribution in [0.3, 0.4) is 0 Å². The van der Waals surface area contributed by atoms with Gasteiger partial charge in [-0.1, -0.05) is 30.3 Å². The molecule has 2 heterocycles. The Kier molecular flexibility index (Phi) is 3.42. The molecule has 0 saturated carbocycles. The van der Waals surface area contributed by atoms with Crippen LogP contribution in [0.4, 0.5) is 4.79 Å². The molecule has 116 valence electrons. The Balaban J connectivity index is 1.72. The zero-order valence-corrected chi connectivity index (χ0v) is 13.1. The maximum absolute atomic E-state index is 10.9. The van der Waals surface area contributed by atoms with Crippen LogP contribution in [0, 0.1) is 0 Å². The van der Waals surface area contributed by atoms with Crippen molar-refractivity contribution in [3.8, 4) is 16.2 Å². The van der Waals surface area contributed by atoms with Gasteiger partial charge in [0, 0.05) is 21.6 Å². The van der Waals surface area contributed by atoms with Gasteiger partial charge < -0.3 is 15.2 Å². The topological polar surface area (TPSA) is 58.6 Å². The number of rotatable bonds is 2. The Hall–Kier alpha value is -2.53. The fraction of sp³-hybridized carbons (Fsp3) is 0.167. The molecule has 23 heavy (non-hydrogen) atoms. The van der Waals surface area contributed by atoms with E-state index in [0.29, 0.717) is 13.0 Å². The Morgan fingerprint density at radius 1 is 1.22 bits per heavy atom. The Bertz CT molecular complexity index is 854. The van der Waals surface area contributed by atoms with Crippen LogP contribution in [0.1, 0.15) is 18.0 Å². The van der Waals surface area contributed by atoms with E-state index in [1.165, 1.54) is 15.0 Å². The monoisotopic (exact) mass is 325 g/mol. The van der Waals surface area contributed by atoms with Gasteiger partial charge in [0.05, 0.1) is 12.6 Å². The van der Waals surface area contributed by atoms with Gasteiger partial charge in [-0.25, -0.2) is 4.79 Å². The van der Waals surface area contributed by atoms with E-state index in [4.69, 9.17) is 9.84 Å². The van der Waals surface area contributed by atoms with E-state index in [0.717, 1.165) is 16.9 Å². The molecule has 1 atom stereocenters. The standard InChI is InChI=1S/C18H15NO3S/c20-18(21)19-14-7-8-22-15-9-12(5-6-13(14)15)17-10-11-3-1-2-4-16(11)23-17/h1-6,9-10,14,19H,7-8H2,(H,20,21). The number of benzene rings is 2. The summed E-state index contributed by atoms with van der Waals surface area (Å²) >= 11 is 1.75.